The molecule has 0 atom stereocenters. The molecule has 0 spiro atoms. The molecule has 12 heteroatoms. The summed E-state index contributed by atoms with van der Waals surface area (Å²) in [6.45, 7) is 3.67. The van der Waals surface area contributed by atoms with E-state index in [1.165, 1.54) is 12.1 Å². The predicted molar refractivity (Wildman–Crippen MR) is 114 cm³/mol. The van der Waals surface area contributed by atoms with Crippen LogP contribution in [0.5, 0.6) is 0 Å². The molecule has 2 aromatic carbocycles. The van der Waals surface area contributed by atoms with Crippen molar-refractivity contribution in [3.05, 3.63) is 58.9 Å². The summed E-state index contributed by atoms with van der Waals surface area (Å²) in [5.41, 5.74) is -0.202. The zero-order chi connectivity index (χ0) is 25.0. The van der Waals surface area contributed by atoms with E-state index < -0.39 is 45.9 Å². The third-order valence-corrected chi connectivity index (χ3v) is 6.77. The van der Waals surface area contributed by atoms with Crippen LogP contribution in [0.3, 0.4) is 0 Å². The molecule has 2 amide bonds. The molecule has 0 unspecified atom stereocenters. The monoisotopic (exact) mass is 489 g/mol. The molecule has 2 rings (SSSR count). The van der Waals surface area contributed by atoms with E-state index >= 15 is 0 Å². The zero-order valence-corrected chi connectivity index (χ0v) is 18.9. The van der Waals surface area contributed by atoms with E-state index in [9.17, 15) is 35.6 Å². The lowest BCUT2D eigenvalue weighted by Crippen LogP contribution is -2.33. The highest BCUT2D eigenvalue weighted by Crippen LogP contribution is 2.22. The van der Waals surface area contributed by atoms with Crippen LogP contribution in [-0.4, -0.2) is 50.3 Å². The van der Waals surface area contributed by atoms with Gasteiger partial charge in [-0.1, -0.05) is 19.9 Å². The van der Waals surface area contributed by atoms with Crippen LogP contribution in [0.25, 0.3) is 0 Å². The summed E-state index contributed by atoms with van der Waals surface area (Å²) in [5.74, 6) is -2.97. The average Bonchev–Trinajstić information content (AvgIpc) is 2.73. The first-order valence-corrected chi connectivity index (χ1v) is 11.3. The molecule has 0 heterocycles. The molecule has 0 radical (unpaired) electrons. The predicted octanol–water partition coefficient (Wildman–Crippen LogP) is 3.71. The Kier molecular flexibility index (Phi) is 8.20. The maximum Gasteiger partial charge on any atom is 0.405 e. The van der Waals surface area contributed by atoms with Gasteiger partial charge in [-0.05, 0) is 42.8 Å². The van der Waals surface area contributed by atoms with Crippen LogP contribution in [0.1, 0.15) is 40.1 Å². The molecule has 0 saturated carbocycles. The number of rotatable bonds is 8. The number of nitrogens with one attached hydrogen (secondary N) is 2. The standard InChI is InChI=1S/C21H23F4N3O4S/c1-4-28(5-2)33(31,32)15-8-9-17(22)16(11-15)20(30)27-18-10-14(7-6-13(18)3)19(29)26-12-21(23,24)25/h6-11H,4-5,12H2,1-3H3,(H,26,29)(H,27,30). The number of sulfonamides is 1. The highest BCUT2D eigenvalue weighted by Gasteiger charge is 2.28. The molecule has 0 saturated heterocycles. The van der Waals surface area contributed by atoms with Gasteiger partial charge >= 0.3 is 6.18 Å². The second kappa shape index (κ2) is 10.3. The Balaban J connectivity index is 2.32. The smallest absolute Gasteiger partial charge is 0.343 e. The zero-order valence-electron chi connectivity index (χ0n) is 18.1. The Morgan fingerprint density at radius 3 is 2.21 bits per heavy atom. The van der Waals surface area contributed by atoms with Crippen molar-refractivity contribution in [1.82, 2.24) is 9.62 Å². The molecular formula is C21H23F4N3O4S. The first kappa shape index (κ1) is 26.3. The number of carbonyl (C=O) groups is 2. The third-order valence-electron chi connectivity index (χ3n) is 4.72. The van der Waals surface area contributed by atoms with Crippen LogP contribution in [0.2, 0.25) is 0 Å². The fourth-order valence-corrected chi connectivity index (χ4v) is 4.41. The number of aryl methyl sites for hydroxylation is 1. The fraction of sp³-hybridized carbons (Fsp3) is 0.333. The first-order chi connectivity index (χ1) is 15.3. The van der Waals surface area contributed by atoms with Gasteiger partial charge in [0, 0.05) is 24.3 Å². The van der Waals surface area contributed by atoms with Gasteiger partial charge < -0.3 is 10.6 Å². The average molecular weight is 489 g/mol. The van der Waals surface area contributed by atoms with Crippen molar-refractivity contribution in [3.8, 4) is 0 Å². The summed E-state index contributed by atoms with van der Waals surface area (Å²) in [6.07, 6.45) is -4.59. The Morgan fingerprint density at radius 1 is 1.00 bits per heavy atom. The fourth-order valence-electron chi connectivity index (χ4n) is 2.92. The molecule has 2 N–H and O–H groups in total. The van der Waals surface area contributed by atoms with E-state index in [0.717, 1.165) is 28.6 Å². The molecule has 0 aliphatic heterocycles. The minimum atomic E-state index is -4.59. The van der Waals surface area contributed by atoms with E-state index in [-0.39, 0.29) is 29.2 Å². The van der Waals surface area contributed by atoms with Gasteiger partial charge in [-0.2, -0.15) is 17.5 Å². The number of amides is 2. The first-order valence-electron chi connectivity index (χ1n) is 9.86. The number of anilines is 1. The Morgan fingerprint density at radius 2 is 1.64 bits per heavy atom. The minimum Gasteiger partial charge on any atom is -0.343 e. The van der Waals surface area contributed by atoms with Crippen molar-refractivity contribution < 1.29 is 35.6 Å². The van der Waals surface area contributed by atoms with Crippen LogP contribution >= 0.6 is 0 Å². The van der Waals surface area contributed by atoms with Crippen LogP contribution in [0.15, 0.2) is 41.3 Å². The van der Waals surface area contributed by atoms with E-state index in [2.05, 4.69) is 5.32 Å². The molecule has 0 aliphatic carbocycles. The molecule has 0 aliphatic rings. The molecule has 0 aromatic heterocycles. The van der Waals surface area contributed by atoms with Crippen molar-refractivity contribution in [2.24, 2.45) is 0 Å². The maximum atomic E-state index is 14.4. The maximum absolute atomic E-state index is 14.4. The quantitative estimate of drug-likeness (QED) is 0.553. The number of halogens is 4. The number of hydrogen-bond acceptors (Lipinski definition) is 4. The number of benzene rings is 2. The Bertz CT molecular complexity index is 1150. The topological polar surface area (TPSA) is 95.6 Å². The molecular weight excluding hydrogens is 466 g/mol. The summed E-state index contributed by atoms with van der Waals surface area (Å²) >= 11 is 0. The lowest BCUT2D eigenvalue weighted by Gasteiger charge is -2.19. The van der Waals surface area contributed by atoms with Gasteiger partial charge in [-0.25, -0.2) is 12.8 Å². The van der Waals surface area contributed by atoms with E-state index in [1.54, 1.807) is 26.1 Å². The van der Waals surface area contributed by atoms with Crippen LogP contribution in [0, 0.1) is 12.7 Å². The Hall–Kier alpha value is -2.99. The van der Waals surface area contributed by atoms with E-state index in [4.69, 9.17) is 0 Å². The molecule has 33 heavy (non-hydrogen) atoms. The van der Waals surface area contributed by atoms with Crippen molar-refractivity contribution in [1.29, 1.82) is 0 Å². The van der Waals surface area contributed by atoms with E-state index in [0.29, 0.717) is 5.56 Å². The molecule has 7 nitrogen and oxygen atoms in total. The van der Waals surface area contributed by atoms with Gasteiger partial charge in [0.2, 0.25) is 10.0 Å². The third kappa shape index (κ3) is 6.51. The second-order valence-electron chi connectivity index (χ2n) is 7.01. The lowest BCUT2D eigenvalue weighted by atomic mass is 10.1. The number of nitrogens with zero attached hydrogens (tertiary/aromatic N) is 1. The van der Waals surface area contributed by atoms with Gasteiger partial charge in [0.15, 0.2) is 0 Å². The molecule has 2 aromatic rings. The van der Waals surface area contributed by atoms with Crippen LogP contribution in [-0.2, 0) is 10.0 Å². The largest absolute Gasteiger partial charge is 0.405 e. The summed E-state index contributed by atoms with van der Waals surface area (Å²) in [6, 6.07) is 6.64. The SMILES string of the molecule is CCN(CC)S(=O)(=O)c1ccc(F)c(C(=O)Nc2cc(C(=O)NCC(F)(F)F)ccc2C)c1. The molecule has 0 fully saturated rings. The highest BCUT2D eigenvalue weighted by molar-refractivity contribution is 7.89. The van der Waals surface area contributed by atoms with E-state index in [1.807, 2.05) is 0 Å². The summed E-state index contributed by atoms with van der Waals surface area (Å²) in [7, 11) is -3.95. The summed E-state index contributed by atoms with van der Waals surface area (Å²) in [5, 5.41) is 4.10. The molecule has 0 bridgehead atoms. The van der Waals surface area contributed by atoms with Gasteiger partial charge in [0.05, 0.1) is 10.5 Å². The summed E-state index contributed by atoms with van der Waals surface area (Å²) < 4.78 is 77.9. The number of alkyl halides is 3. The van der Waals surface area contributed by atoms with Gasteiger partial charge in [-0.15, -0.1) is 0 Å². The van der Waals surface area contributed by atoms with Crippen molar-refractivity contribution in [2.45, 2.75) is 31.8 Å². The number of hydrogen-bond donors (Lipinski definition) is 2. The minimum absolute atomic E-state index is 0.0519. The number of carbonyl (C=O) groups excluding carboxylic acids is 2. The lowest BCUT2D eigenvalue weighted by molar-refractivity contribution is -0.123. The normalized spacial score (nSPS) is 12.0. The highest BCUT2D eigenvalue weighted by atomic mass is 32.2. The molecule has 180 valence electrons. The van der Waals surface area contributed by atoms with Crippen molar-refractivity contribution in [3.63, 3.8) is 0 Å². The second-order valence-corrected chi connectivity index (χ2v) is 8.95. The van der Waals surface area contributed by atoms with Crippen molar-refractivity contribution >= 4 is 27.5 Å². The van der Waals surface area contributed by atoms with Crippen molar-refractivity contribution in [2.75, 3.05) is 25.0 Å². The van der Waals surface area contributed by atoms with Gasteiger partial charge in [-0.3, -0.25) is 9.59 Å². The Labute approximate surface area is 188 Å². The van der Waals surface area contributed by atoms with Gasteiger partial charge in [0.1, 0.15) is 12.4 Å². The summed E-state index contributed by atoms with van der Waals surface area (Å²) in [4.78, 5) is 24.4. The van der Waals surface area contributed by atoms with Gasteiger partial charge in [0.25, 0.3) is 11.8 Å². The van der Waals surface area contributed by atoms with Crippen LogP contribution < -0.4 is 10.6 Å². The van der Waals surface area contributed by atoms with Crippen LogP contribution in [0.4, 0.5) is 23.2 Å².